The second-order valence-corrected chi connectivity index (χ2v) is 7.58. The summed E-state index contributed by atoms with van der Waals surface area (Å²) in [5, 5.41) is 9.60. The number of hydrogen-bond acceptors (Lipinski definition) is 3. The van der Waals surface area contributed by atoms with Crippen LogP contribution in [0.5, 0.6) is 0 Å². The van der Waals surface area contributed by atoms with Gasteiger partial charge in [-0.05, 0) is 0 Å². The van der Waals surface area contributed by atoms with Crippen LogP contribution in [0.15, 0.2) is 0 Å². The van der Waals surface area contributed by atoms with E-state index in [1.807, 2.05) is 0 Å². The van der Waals surface area contributed by atoms with Crippen LogP contribution in [0.2, 0.25) is 5.23 Å². The molecule has 134 valence electrons. The minimum absolute atomic E-state index is 0. The van der Waals surface area contributed by atoms with Crippen molar-refractivity contribution in [2.24, 2.45) is 0 Å². The van der Waals surface area contributed by atoms with Gasteiger partial charge in [-0.25, -0.2) is 0 Å². The van der Waals surface area contributed by atoms with Gasteiger partial charge in [0.25, 0.3) is 0 Å². The van der Waals surface area contributed by atoms with Crippen molar-refractivity contribution < 1.29 is 19.4 Å². The van der Waals surface area contributed by atoms with Crippen LogP contribution < -0.4 is 10.6 Å². The molecular weight excluding hydrogens is 353 g/mol. The Bertz CT molecular complexity index is 194. The molecule has 1 saturated heterocycles. The molecule has 1 rings (SSSR count). The molecule has 0 bridgehead atoms. The average molecular weight is 390 g/mol. The van der Waals surface area contributed by atoms with Crippen LogP contribution >= 0.6 is 24.8 Å². The zero-order valence-electron chi connectivity index (χ0n) is 14.4. The van der Waals surface area contributed by atoms with Crippen molar-refractivity contribution in [3.05, 3.63) is 0 Å². The standard InChI is InChI=1S/C15H32N3.CH3.2ClH.Ti/c1-4-10-16-12-6-2-8-14-18-15-9-3-7-13-17-11-5-1;;;;/h16-17H,1-15H2;1H3;2*1H;/q-1;;;;+1. The molecule has 1 aliphatic heterocycles. The van der Waals surface area contributed by atoms with E-state index in [2.05, 4.69) is 19.2 Å². The summed E-state index contributed by atoms with van der Waals surface area (Å²) in [5.74, 6) is 0. The number of rotatable bonds is 1. The summed E-state index contributed by atoms with van der Waals surface area (Å²) in [4.78, 5) is 0. The van der Waals surface area contributed by atoms with E-state index in [1.54, 1.807) is 0 Å². The molecular formula is C16H37Cl2N3Ti. The zero-order valence-corrected chi connectivity index (χ0v) is 17.6. The average Bonchev–Trinajstić information content (AvgIpc) is 2.47. The van der Waals surface area contributed by atoms with E-state index in [0.29, 0.717) is 0 Å². The fourth-order valence-electron chi connectivity index (χ4n) is 2.72. The molecule has 22 heavy (non-hydrogen) atoms. The third kappa shape index (κ3) is 16.0. The van der Waals surface area contributed by atoms with Crippen molar-refractivity contribution in [2.75, 3.05) is 39.3 Å². The molecule has 0 aliphatic carbocycles. The van der Waals surface area contributed by atoms with E-state index >= 15 is 0 Å². The van der Waals surface area contributed by atoms with Gasteiger partial charge in [0.1, 0.15) is 0 Å². The van der Waals surface area contributed by atoms with E-state index < -0.39 is 0 Å². The summed E-state index contributed by atoms with van der Waals surface area (Å²) in [6, 6.07) is 0. The van der Waals surface area contributed by atoms with Crippen LogP contribution in [0, 0.1) is 0 Å². The Kier molecular flexibility index (Phi) is 23.4. The Balaban J connectivity index is 0. The number of nitrogens with one attached hydrogen (secondary N) is 2. The van der Waals surface area contributed by atoms with Gasteiger partial charge in [0.05, 0.1) is 0 Å². The second kappa shape index (κ2) is 20.2. The molecule has 2 N–H and O–H groups in total. The summed E-state index contributed by atoms with van der Waals surface area (Å²) >= 11 is 0.165. The van der Waals surface area contributed by atoms with Crippen molar-refractivity contribution in [3.63, 3.8) is 0 Å². The molecule has 0 spiro atoms. The third-order valence-corrected chi connectivity index (χ3v) is 5.77. The van der Waals surface area contributed by atoms with E-state index in [0.717, 1.165) is 0 Å². The van der Waals surface area contributed by atoms with Gasteiger partial charge in [-0.2, -0.15) is 0 Å². The topological polar surface area (TPSA) is 27.3 Å². The molecule has 3 nitrogen and oxygen atoms in total. The molecule has 0 radical (unpaired) electrons. The second-order valence-electron chi connectivity index (χ2n) is 5.89. The molecule has 1 fully saturated rings. The van der Waals surface area contributed by atoms with E-state index in [9.17, 15) is 0 Å². The summed E-state index contributed by atoms with van der Waals surface area (Å²) in [6.45, 7) is 7.59. The summed E-state index contributed by atoms with van der Waals surface area (Å²) in [5.41, 5.74) is 0. The van der Waals surface area contributed by atoms with Crippen LogP contribution in [-0.2, 0) is 19.4 Å². The van der Waals surface area contributed by atoms with Gasteiger partial charge in [0.2, 0.25) is 0 Å². The van der Waals surface area contributed by atoms with Crippen LogP contribution in [0.4, 0.5) is 0 Å². The fourth-order valence-corrected chi connectivity index (χ4v) is 3.91. The predicted molar refractivity (Wildman–Crippen MR) is 99.2 cm³/mol. The summed E-state index contributed by atoms with van der Waals surface area (Å²) in [6.07, 6.45) is 12.4. The van der Waals surface area contributed by atoms with Gasteiger partial charge in [0.15, 0.2) is 0 Å². The van der Waals surface area contributed by atoms with Crippen LogP contribution in [-0.4, -0.2) is 42.7 Å². The molecule has 0 aromatic heterocycles. The van der Waals surface area contributed by atoms with Gasteiger partial charge in [-0.1, -0.05) is 0 Å². The Labute approximate surface area is 160 Å². The molecule has 1 heterocycles. The molecule has 0 atom stereocenters. The molecule has 0 aromatic rings. The third-order valence-electron chi connectivity index (χ3n) is 4.09. The van der Waals surface area contributed by atoms with Crippen molar-refractivity contribution in [3.8, 4) is 0 Å². The quantitative estimate of drug-likeness (QED) is 0.666. The number of hydrogen-bond donors (Lipinski definition) is 2. The normalized spacial score (nSPS) is 21.5. The SMILES string of the molecule is Cl.Cl.[CH3][Ti][N]1CCCCCNCCCCCNCCCCC1. The predicted octanol–water partition coefficient (Wildman–Crippen LogP) is 3.88. The first-order chi connectivity index (χ1) is 9.93. The van der Waals surface area contributed by atoms with Crippen molar-refractivity contribution in [1.82, 2.24) is 14.0 Å². The van der Waals surface area contributed by atoms with Gasteiger partial charge in [0, 0.05) is 0 Å². The van der Waals surface area contributed by atoms with E-state index in [-0.39, 0.29) is 44.2 Å². The Morgan fingerprint density at radius 3 is 1.32 bits per heavy atom. The van der Waals surface area contributed by atoms with Crippen LogP contribution in [0.25, 0.3) is 0 Å². The minimum atomic E-state index is 0. The Hall–Kier alpha value is 1.17. The summed E-state index contributed by atoms with van der Waals surface area (Å²) in [7, 11) is 0. The molecule has 0 aromatic carbocycles. The molecule has 0 saturated carbocycles. The van der Waals surface area contributed by atoms with Crippen LogP contribution in [0.1, 0.15) is 57.8 Å². The maximum absolute atomic E-state index is 3.59. The zero-order chi connectivity index (χ0) is 14.3. The summed E-state index contributed by atoms with van der Waals surface area (Å²) < 4.78 is 2.75. The molecule has 1 aliphatic rings. The molecule has 0 amide bonds. The van der Waals surface area contributed by atoms with Gasteiger partial charge in [-0.15, -0.1) is 24.8 Å². The van der Waals surface area contributed by atoms with Gasteiger partial charge < -0.3 is 0 Å². The first kappa shape index (κ1) is 25.4. The number of halogens is 2. The van der Waals surface area contributed by atoms with E-state index in [4.69, 9.17) is 0 Å². The van der Waals surface area contributed by atoms with E-state index in [1.165, 1.54) is 97.1 Å². The number of nitrogens with zero attached hydrogens (tertiary/aromatic N) is 1. The first-order valence-corrected chi connectivity index (χ1v) is 11.0. The monoisotopic (exact) mass is 389 g/mol. The molecule has 6 heteroatoms. The Morgan fingerprint density at radius 1 is 0.591 bits per heavy atom. The molecule has 0 unspecified atom stereocenters. The Morgan fingerprint density at radius 2 is 0.955 bits per heavy atom. The fraction of sp³-hybridized carbons (Fsp3) is 1.00. The van der Waals surface area contributed by atoms with Gasteiger partial charge >= 0.3 is 136 Å². The first-order valence-electron chi connectivity index (χ1n) is 8.77. The van der Waals surface area contributed by atoms with Gasteiger partial charge in [-0.3, -0.25) is 0 Å². The van der Waals surface area contributed by atoms with Crippen molar-refractivity contribution >= 4 is 24.8 Å². The maximum atomic E-state index is 3.59. The van der Waals surface area contributed by atoms with Crippen LogP contribution in [0.3, 0.4) is 0 Å². The van der Waals surface area contributed by atoms with Crippen molar-refractivity contribution in [2.45, 2.75) is 63.0 Å². The van der Waals surface area contributed by atoms with Crippen molar-refractivity contribution in [1.29, 1.82) is 0 Å².